The number of hydroxylamine groups is 4. The zero-order chi connectivity index (χ0) is 17.7. The summed E-state index contributed by atoms with van der Waals surface area (Å²) in [7, 11) is 0. The van der Waals surface area contributed by atoms with E-state index in [-0.39, 0.29) is 5.56 Å². The fraction of sp³-hybridized carbons (Fsp3) is 0.538. The Labute approximate surface area is 131 Å². The molecule has 0 aromatic heterocycles. The zero-order valence-corrected chi connectivity index (χ0v) is 13.1. The Morgan fingerprint density at radius 3 is 1.57 bits per heavy atom. The van der Waals surface area contributed by atoms with Crippen LogP contribution in [-0.2, 0) is 0 Å². The minimum atomic E-state index is -1.17. The normalized spacial score (nSPS) is 21.5. The molecule has 2 rings (SSSR count). The number of nitro benzene ring substituents is 2. The summed E-state index contributed by atoms with van der Waals surface area (Å²) < 4.78 is 0. The summed E-state index contributed by atoms with van der Waals surface area (Å²) in [5, 5.41) is 44.5. The first-order valence-electron chi connectivity index (χ1n) is 6.81. The molecule has 1 aliphatic rings. The van der Waals surface area contributed by atoms with Gasteiger partial charge in [-0.15, -0.1) is 0 Å². The molecule has 0 radical (unpaired) electrons. The van der Waals surface area contributed by atoms with Gasteiger partial charge in [-0.05, 0) is 27.7 Å². The second kappa shape index (κ2) is 5.20. The van der Waals surface area contributed by atoms with Crippen molar-refractivity contribution in [2.24, 2.45) is 0 Å². The van der Waals surface area contributed by atoms with Crippen LogP contribution in [0.2, 0.25) is 0 Å². The monoisotopic (exact) mass is 326 g/mol. The van der Waals surface area contributed by atoms with Crippen molar-refractivity contribution in [1.82, 2.24) is 10.1 Å². The summed E-state index contributed by atoms with van der Waals surface area (Å²) in [6.45, 7) is 6.73. The molecule has 0 bridgehead atoms. The van der Waals surface area contributed by atoms with Gasteiger partial charge in [-0.1, -0.05) is 0 Å². The molecule has 10 nitrogen and oxygen atoms in total. The van der Waals surface area contributed by atoms with Crippen molar-refractivity contribution in [2.75, 3.05) is 0 Å². The highest BCUT2D eigenvalue weighted by Crippen LogP contribution is 2.48. The van der Waals surface area contributed by atoms with Gasteiger partial charge in [0.2, 0.25) is 0 Å². The second-order valence-electron chi connectivity index (χ2n) is 6.48. The molecule has 1 aromatic carbocycles. The van der Waals surface area contributed by atoms with Gasteiger partial charge >= 0.3 is 0 Å². The van der Waals surface area contributed by atoms with Crippen molar-refractivity contribution in [3.63, 3.8) is 0 Å². The molecule has 1 saturated heterocycles. The number of rotatable bonds is 3. The highest BCUT2D eigenvalue weighted by atomic mass is 16.6. The molecule has 126 valence electrons. The van der Waals surface area contributed by atoms with Crippen LogP contribution >= 0.6 is 0 Å². The number of non-ortho nitro benzene ring substituents is 2. The Hall–Kier alpha value is -2.14. The molecule has 1 aliphatic heterocycles. The molecular formula is C13H18N4O6. The van der Waals surface area contributed by atoms with E-state index >= 15 is 0 Å². The second-order valence-corrected chi connectivity index (χ2v) is 6.48. The molecule has 1 aromatic rings. The van der Waals surface area contributed by atoms with E-state index in [1.807, 2.05) is 0 Å². The minimum Gasteiger partial charge on any atom is -0.311 e. The van der Waals surface area contributed by atoms with Crippen LogP contribution in [0.5, 0.6) is 0 Å². The maximum Gasteiger partial charge on any atom is 0.276 e. The quantitative estimate of drug-likeness (QED) is 0.639. The molecule has 0 unspecified atom stereocenters. The fourth-order valence-electron chi connectivity index (χ4n) is 2.54. The van der Waals surface area contributed by atoms with Crippen molar-refractivity contribution in [2.45, 2.75) is 44.9 Å². The third kappa shape index (κ3) is 2.45. The summed E-state index contributed by atoms with van der Waals surface area (Å²) in [5.74, 6) is 0. The van der Waals surface area contributed by atoms with E-state index in [1.165, 1.54) is 0 Å². The van der Waals surface area contributed by atoms with Crippen LogP contribution in [0.1, 0.15) is 39.4 Å². The topological polar surface area (TPSA) is 133 Å². The van der Waals surface area contributed by atoms with Gasteiger partial charge in [0.05, 0.1) is 27.0 Å². The largest absolute Gasteiger partial charge is 0.311 e. The summed E-state index contributed by atoms with van der Waals surface area (Å²) in [6.07, 6.45) is -1.17. The molecule has 1 fully saturated rings. The number of benzene rings is 1. The average Bonchev–Trinajstić information content (AvgIpc) is 2.56. The van der Waals surface area contributed by atoms with Gasteiger partial charge in [-0.2, -0.15) is 10.1 Å². The van der Waals surface area contributed by atoms with Crippen LogP contribution in [0.4, 0.5) is 11.4 Å². The van der Waals surface area contributed by atoms with Gasteiger partial charge in [0, 0.05) is 17.7 Å². The first kappa shape index (κ1) is 17.2. The Balaban J connectivity index is 2.62. The predicted octanol–water partition coefficient (Wildman–Crippen LogP) is 2.45. The smallest absolute Gasteiger partial charge is 0.276 e. The molecule has 0 amide bonds. The van der Waals surface area contributed by atoms with Gasteiger partial charge in [0.25, 0.3) is 11.4 Å². The number of hydrogen-bond acceptors (Lipinski definition) is 8. The number of nitro groups is 2. The van der Waals surface area contributed by atoms with E-state index in [4.69, 9.17) is 0 Å². The van der Waals surface area contributed by atoms with E-state index in [2.05, 4.69) is 0 Å². The molecule has 0 atom stereocenters. The van der Waals surface area contributed by atoms with E-state index in [0.29, 0.717) is 0 Å². The summed E-state index contributed by atoms with van der Waals surface area (Å²) >= 11 is 0. The average molecular weight is 326 g/mol. The SMILES string of the molecule is CC1(C)N(O)C(c2cc([N+](=O)[O-])cc([N+](=O)[O-])c2)N(O)C1(C)C. The standard InChI is InChI=1S/C13H18N4O6/c1-12(2)13(3,4)15(19)11(14(12)18)8-5-9(16(20)21)7-10(6-8)17(22)23/h5-7,11,18-19H,1-4H3. The van der Waals surface area contributed by atoms with E-state index in [9.17, 15) is 30.6 Å². The van der Waals surface area contributed by atoms with Crippen molar-refractivity contribution >= 4 is 11.4 Å². The van der Waals surface area contributed by atoms with Gasteiger partial charge < -0.3 is 10.4 Å². The van der Waals surface area contributed by atoms with E-state index in [0.717, 1.165) is 28.3 Å². The predicted molar refractivity (Wildman–Crippen MR) is 77.9 cm³/mol. The van der Waals surface area contributed by atoms with Gasteiger partial charge in [-0.25, -0.2) is 0 Å². The summed E-state index contributed by atoms with van der Waals surface area (Å²) in [5.41, 5.74) is -2.75. The highest BCUT2D eigenvalue weighted by molar-refractivity contribution is 5.48. The maximum atomic E-state index is 11.0. The van der Waals surface area contributed by atoms with Crippen molar-refractivity contribution in [3.05, 3.63) is 44.0 Å². The minimum absolute atomic E-state index is 0.0505. The molecule has 0 aliphatic carbocycles. The molecular weight excluding hydrogens is 308 g/mol. The van der Waals surface area contributed by atoms with Crippen molar-refractivity contribution in [1.29, 1.82) is 0 Å². The van der Waals surface area contributed by atoms with Crippen LogP contribution in [0.3, 0.4) is 0 Å². The van der Waals surface area contributed by atoms with Gasteiger partial charge in [0.15, 0.2) is 0 Å². The molecule has 23 heavy (non-hydrogen) atoms. The van der Waals surface area contributed by atoms with Crippen LogP contribution in [-0.4, -0.2) is 41.5 Å². The highest BCUT2D eigenvalue weighted by Gasteiger charge is 2.58. The number of hydrogen-bond donors (Lipinski definition) is 2. The fourth-order valence-corrected chi connectivity index (χ4v) is 2.54. The third-order valence-corrected chi connectivity index (χ3v) is 4.75. The Morgan fingerprint density at radius 2 is 1.26 bits per heavy atom. The van der Waals surface area contributed by atoms with Crippen molar-refractivity contribution < 1.29 is 20.3 Å². The van der Waals surface area contributed by atoms with Crippen LogP contribution in [0.25, 0.3) is 0 Å². The van der Waals surface area contributed by atoms with Crippen molar-refractivity contribution in [3.8, 4) is 0 Å². The molecule has 10 heteroatoms. The molecule has 1 heterocycles. The lowest BCUT2D eigenvalue weighted by Crippen LogP contribution is -2.52. The molecule has 2 N–H and O–H groups in total. The summed E-state index contributed by atoms with van der Waals surface area (Å²) in [4.78, 5) is 20.5. The van der Waals surface area contributed by atoms with E-state index in [1.54, 1.807) is 27.7 Å². The summed E-state index contributed by atoms with van der Waals surface area (Å²) in [6, 6.07) is 3.03. The lowest BCUT2D eigenvalue weighted by molar-refractivity contribution is -0.394. The van der Waals surface area contributed by atoms with Crippen LogP contribution < -0.4 is 0 Å². The lowest BCUT2D eigenvalue weighted by atomic mass is 9.84. The van der Waals surface area contributed by atoms with E-state index < -0.39 is 38.5 Å². The first-order valence-corrected chi connectivity index (χ1v) is 6.81. The third-order valence-electron chi connectivity index (χ3n) is 4.75. The zero-order valence-electron chi connectivity index (χ0n) is 13.1. The van der Waals surface area contributed by atoms with Gasteiger partial charge in [0.1, 0.15) is 6.17 Å². The number of nitrogens with zero attached hydrogens (tertiary/aromatic N) is 4. The van der Waals surface area contributed by atoms with Crippen LogP contribution in [0.15, 0.2) is 18.2 Å². The van der Waals surface area contributed by atoms with Gasteiger partial charge in [-0.3, -0.25) is 20.2 Å². The Kier molecular flexibility index (Phi) is 3.89. The Bertz CT molecular complexity index is 622. The Morgan fingerprint density at radius 1 is 0.913 bits per heavy atom. The molecule has 0 saturated carbocycles. The first-order chi connectivity index (χ1) is 10.4. The lowest BCUT2D eigenvalue weighted by Gasteiger charge is -2.37. The maximum absolute atomic E-state index is 11.0. The van der Waals surface area contributed by atoms with Crippen LogP contribution in [0, 0.1) is 20.2 Å². The molecule has 0 spiro atoms.